The zero-order valence-electron chi connectivity index (χ0n) is 19.4. The Bertz CT molecular complexity index is 759. The van der Waals surface area contributed by atoms with Crippen LogP contribution < -0.4 is 14.8 Å². The van der Waals surface area contributed by atoms with Crippen LogP contribution in [0.25, 0.3) is 0 Å². The van der Waals surface area contributed by atoms with E-state index in [1.807, 2.05) is 6.07 Å². The van der Waals surface area contributed by atoms with Gasteiger partial charge in [0, 0.05) is 31.6 Å². The fourth-order valence-corrected chi connectivity index (χ4v) is 2.73. The van der Waals surface area contributed by atoms with Crippen molar-refractivity contribution in [2.45, 2.75) is 58.7 Å². The van der Waals surface area contributed by atoms with E-state index in [9.17, 15) is 14.4 Å². The van der Waals surface area contributed by atoms with Gasteiger partial charge in [0.25, 0.3) is 0 Å². The van der Waals surface area contributed by atoms with E-state index in [2.05, 4.69) is 5.32 Å². The first-order valence-electron chi connectivity index (χ1n) is 10.1. The Morgan fingerprint density at radius 1 is 1.13 bits per heavy atom. The second-order valence-corrected chi connectivity index (χ2v) is 7.92. The number of esters is 1. The van der Waals surface area contributed by atoms with Gasteiger partial charge in [-0.1, -0.05) is 0 Å². The molecule has 1 rings (SSSR count). The lowest BCUT2D eigenvalue weighted by Gasteiger charge is -2.23. The molecule has 0 aromatic heterocycles. The van der Waals surface area contributed by atoms with Gasteiger partial charge < -0.3 is 29.2 Å². The number of hydrogen-bond acceptors (Lipinski definition) is 7. The Balaban J connectivity index is 2.75. The molecule has 0 fully saturated rings. The molecule has 9 nitrogen and oxygen atoms in total. The zero-order valence-corrected chi connectivity index (χ0v) is 19.4. The fourth-order valence-electron chi connectivity index (χ4n) is 2.73. The van der Waals surface area contributed by atoms with Crippen LogP contribution in [0.4, 0.5) is 4.79 Å². The first-order chi connectivity index (χ1) is 14.5. The van der Waals surface area contributed by atoms with Crippen LogP contribution in [-0.4, -0.2) is 62.4 Å². The van der Waals surface area contributed by atoms with E-state index >= 15 is 0 Å². The Hall–Kier alpha value is -2.97. The van der Waals surface area contributed by atoms with Gasteiger partial charge in [-0.25, -0.2) is 9.59 Å². The van der Waals surface area contributed by atoms with Crippen molar-refractivity contribution in [3.8, 4) is 11.5 Å². The second kappa shape index (κ2) is 12.0. The van der Waals surface area contributed by atoms with E-state index < -0.39 is 23.7 Å². The average Bonchev–Trinajstić information content (AvgIpc) is 2.69. The molecule has 1 atom stereocenters. The van der Waals surface area contributed by atoms with E-state index in [1.54, 1.807) is 61.1 Å². The maximum Gasteiger partial charge on any atom is 0.408 e. The van der Waals surface area contributed by atoms with Crippen LogP contribution in [-0.2, 0) is 25.6 Å². The first kappa shape index (κ1) is 26.1. The van der Waals surface area contributed by atoms with Crippen LogP contribution >= 0.6 is 0 Å². The van der Waals surface area contributed by atoms with Crippen LogP contribution in [0.15, 0.2) is 18.2 Å². The normalized spacial score (nSPS) is 11.8. The summed E-state index contributed by atoms with van der Waals surface area (Å²) in [7, 11) is 4.77. The number of ether oxygens (including phenoxy) is 4. The number of benzene rings is 1. The van der Waals surface area contributed by atoms with Crippen molar-refractivity contribution in [2.75, 3.05) is 27.9 Å². The highest BCUT2D eigenvalue weighted by Crippen LogP contribution is 2.25. The smallest absolute Gasteiger partial charge is 0.408 e. The molecule has 0 saturated carbocycles. The zero-order chi connectivity index (χ0) is 23.6. The molecule has 31 heavy (non-hydrogen) atoms. The van der Waals surface area contributed by atoms with Crippen molar-refractivity contribution in [2.24, 2.45) is 0 Å². The van der Waals surface area contributed by atoms with E-state index in [0.717, 1.165) is 5.56 Å². The lowest BCUT2D eigenvalue weighted by atomic mass is 10.1. The molecule has 0 spiro atoms. The Labute approximate surface area is 184 Å². The van der Waals surface area contributed by atoms with Gasteiger partial charge in [0.15, 0.2) is 0 Å². The number of nitrogens with one attached hydrogen (secondary N) is 1. The molecule has 1 aromatic rings. The minimum atomic E-state index is -0.984. The highest BCUT2D eigenvalue weighted by atomic mass is 16.6. The number of alkyl carbamates (subject to hydrolysis) is 1. The fraction of sp³-hybridized carbons (Fsp3) is 0.591. The lowest BCUT2D eigenvalue weighted by molar-refractivity contribution is -0.146. The van der Waals surface area contributed by atoms with Crippen molar-refractivity contribution in [3.63, 3.8) is 0 Å². The largest absolute Gasteiger partial charge is 0.497 e. The number of carbonyl (C=O) groups is 3. The summed E-state index contributed by atoms with van der Waals surface area (Å²) in [5.74, 6) is 0.453. The summed E-state index contributed by atoms with van der Waals surface area (Å²) in [6.07, 6.45) is -0.621. The van der Waals surface area contributed by atoms with Crippen LogP contribution in [0.1, 0.15) is 46.1 Å². The maximum atomic E-state index is 12.6. The summed E-state index contributed by atoms with van der Waals surface area (Å²) in [5, 5.41) is 2.49. The van der Waals surface area contributed by atoms with Gasteiger partial charge >= 0.3 is 12.1 Å². The van der Waals surface area contributed by atoms with Gasteiger partial charge in [0.2, 0.25) is 5.91 Å². The summed E-state index contributed by atoms with van der Waals surface area (Å²) in [4.78, 5) is 38.4. The van der Waals surface area contributed by atoms with E-state index in [0.29, 0.717) is 18.0 Å². The van der Waals surface area contributed by atoms with E-state index in [4.69, 9.17) is 18.9 Å². The number of hydrogen-bond donors (Lipinski definition) is 1. The molecule has 0 aliphatic rings. The predicted molar refractivity (Wildman–Crippen MR) is 115 cm³/mol. The lowest BCUT2D eigenvalue weighted by Crippen LogP contribution is -2.44. The van der Waals surface area contributed by atoms with Crippen LogP contribution in [0.2, 0.25) is 0 Å². The molecule has 2 amide bonds. The topological polar surface area (TPSA) is 103 Å². The average molecular weight is 439 g/mol. The van der Waals surface area contributed by atoms with Crippen molar-refractivity contribution in [1.29, 1.82) is 0 Å². The molecule has 0 saturated heterocycles. The molecule has 0 heterocycles. The van der Waals surface area contributed by atoms with Crippen LogP contribution in [0, 0.1) is 0 Å². The monoisotopic (exact) mass is 438 g/mol. The van der Waals surface area contributed by atoms with Gasteiger partial charge in [0.05, 0.1) is 20.8 Å². The maximum absolute atomic E-state index is 12.6. The summed E-state index contributed by atoms with van der Waals surface area (Å²) in [6, 6.07) is 4.38. The minimum absolute atomic E-state index is 0.0360. The first-order valence-corrected chi connectivity index (χ1v) is 10.1. The van der Waals surface area contributed by atoms with E-state index in [-0.39, 0.29) is 25.4 Å². The third-order valence-corrected chi connectivity index (χ3v) is 4.24. The highest BCUT2D eigenvalue weighted by molar-refractivity contribution is 5.83. The Morgan fingerprint density at radius 2 is 1.81 bits per heavy atom. The minimum Gasteiger partial charge on any atom is -0.497 e. The number of amides is 2. The highest BCUT2D eigenvalue weighted by Gasteiger charge is 2.26. The SMILES string of the molecule is CCOC(=O)[C@H](CCC(=O)N(C)Cc1ccc(OC)cc1OC)NC(=O)OC(C)(C)C. The summed E-state index contributed by atoms with van der Waals surface area (Å²) < 4.78 is 20.8. The molecule has 1 aromatic carbocycles. The molecule has 9 heteroatoms. The molecule has 0 bridgehead atoms. The molecule has 0 aliphatic heterocycles. The van der Waals surface area contributed by atoms with Gasteiger partial charge in [-0.2, -0.15) is 0 Å². The third-order valence-electron chi connectivity index (χ3n) is 4.24. The van der Waals surface area contributed by atoms with Crippen LogP contribution in [0.3, 0.4) is 0 Å². The molecule has 0 radical (unpaired) electrons. The van der Waals surface area contributed by atoms with E-state index in [1.165, 1.54) is 4.90 Å². The molecule has 0 unspecified atom stereocenters. The Morgan fingerprint density at radius 3 is 2.35 bits per heavy atom. The van der Waals surface area contributed by atoms with Crippen molar-refractivity contribution < 1.29 is 33.3 Å². The number of carbonyl (C=O) groups excluding carboxylic acids is 3. The quantitative estimate of drug-likeness (QED) is 0.560. The van der Waals surface area contributed by atoms with Gasteiger partial charge in [-0.05, 0) is 46.2 Å². The second-order valence-electron chi connectivity index (χ2n) is 7.92. The van der Waals surface area contributed by atoms with Crippen molar-refractivity contribution >= 4 is 18.0 Å². The number of nitrogens with zero attached hydrogens (tertiary/aromatic N) is 1. The molecule has 1 N–H and O–H groups in total. The van der Waals surface area contributed by atoms with Crippen LogP contribution in [0.5, 0.6) is 11.5 Å². The third kappa shape index (κ3) is 9.15. The predicted octanol–water partition coefficient (Wildman–Crippen LogP) is 2.90. The van der Waals surface area contributed by atoms with Crippen molar-refractivity contribution in [1.82, 2.24) is 10.2 Å². The standard InChI is InChI=1S/C22H34N2O7/c1-8-30-20(26)17(23-21(27)31-22(2,3)4)11-12-19(25)24(5)14-15-9-10-16(28-6)13-18(15)29-7/h9-10,13,17H,8,11-12,14H2,1-7H3,(H,23,27)/t17-/m0/s1. The molecule has 0 aliphatic carbocycles. The summed E-state index contributed by atoms with van der Waals surface area (Å²) >= 11 is 0. The van der Waals surface area contributed by atoms with Gasteiger partial charge in [-0.15, -0.1) is 0 Å². The van der Waals surface area contributed by atoms with Gasteiger partial charge in [0.1, 0.15) is 23.1 Å². The summed E-state index contributed by atoms with van der Waals surface area (Å²) in [5.41, 5.74) is 0.101. The number of methoxy groups -OCH3 is 2. The van der Waals surface area contributed by atoms with Crippen molar-refractivity contribution in [3.05, 3.63) is 23.8 Å². The molecular formula is C22H34N2O7. The molecule has 174 valence electrons. The van der Waals surface area contributed by atoms with Gasteiger partial charge in [-0.3, -0.25) is 4.79 Å². The summed E-state index contributed by atoms with van der Waals surface area (Å²) in [6.45, 7) is 7.31. The Kier molecular flexibility index (Phi) is 10.1. The molecular weight excluding hydrogens is 404 g/mol. The number of rotatable bonds is 10.